The van der Waals surface area contributed by atoms with Crippen molar-refractivity contribution in [2.24, 2.45) is 0 Å². The monoisotopic (exact) mass is 408 g/mol. The van der Waals surface area contributed by atoms with Crippen molar-refractivity contribution in [2.75, 3.05) is 6.61 Å². The van der Waals surface area contributed by atoms with Crippen LogP contribution in [0.15, 0.2) is 48.5 Å². The molecule has 1 saturated carbocycles. The number of benzene rings is 2. The molecule has 1 saturated heterocycles. The maximum absolute atomic E-state index is 13.1. The van der Waals surface area contributed by atoms with E-state index in [2.05, 4.69) is 4.74 Å². The van der Waals surface area contributed by atoms with E-state index in [0.717, 1.165) is 44.1 Å². The molecule has 2 aromatic rings. The maximum atomic E-state index is 13.1. The highest BCUT2D eigenvalue weighted by atomic mass is 19.4. The fourth-order valence-corrected chi connectivity index (χ4v) is 4.76. The van der Waals surface area contributed by atoms with Crippen molar-refractivity contribution >= 4 is 0 Å². The van der Waals surface area contributed by atoms with E-state index < -0.39 is 6.36 Å². The Morgan fingerprint density at radius 1 is 0.862 bits per heavy atom. The molecule has 0 radical (unpaired) electrons. The van der Waals surface area contributed by atoms with Crippen molar-refractivity contribution in [3.05, 3.63) is 65.5 Å². The SMILES string of the molecule is Fc1ccc(C2CCC3(CC2)CCC(c2ccccc2OC(F)(F)F)CO3)cc1. The minimum absolute atomic E-state index is 0.103. The summed E-state index contributed by atoms with van der Waals surface area (Å²) in [7, 11) is 0. The average molecular weight is 408 g/mol. The summed E-state index contributed by atoms with van der Waals surface area (Å²) in [4.78, 5) is 0. The van der Waals surface area contributed by atoms with Gasteiger partial charge in [-0.15, -0.1) is 13.2 Å². The van der Waals surface area contributed by atoms with Gasteiger partial charge in [-0.25, -0.2) is 4.39 Å². The molecule has 1 aliphatic carbocycles. The summed E-state index contributed by atoms with van der Waals surface area (Å²) < 4.78 is 61.7. The van der Waals surface area contributed by atoms with Crippen molar-refractivity contribution < 1.29 is 27.0 Å². The summed E-state index contributed by atoms with van der Waals surface area (Å²) in [6.45, 7) is 0.402. The molecule has 0 N–H and O–H groups in total. The molecule has 1 spiro atoms. The van der Waals surface area contributed by atoms with E-state index >= 15 is 0 Å². The van der Waals surface area contributed by atoms with Gasteiger partial charge in [0.2, 0.25) is 0 Å². The second kappa shape index (κ2) is 7.98. The van der Waals surface area contributed by atoms with Gasteiger partial charge in [0.15, 0.2) is 0 Å². The normalized spacial score (nSPS) is 27.7. The van der Waals surface area contributed by atoms with Crippen LogP contribution in [0.4, 0.5) is 17.6 Å². The molecule has 6 heteroatoms. The van der Waals surface area contributed by atoms with Crippen LogP contribution in [0.2, 0.25) is 0 Å². The van der Waals surface area contributed by atoms with E-state index in [1.165, 1.54) is 18.2 Å². The summed E-state index contributed by atoms with van der Waals surface area (Å²) in [6.07, 6.45) is 0.693. The lowest BCUT2D eigenvalue weighted by atomic mass is 9.72. The van der Waals surface area contributed by atoms with Crippen molar-refractivity contribution in [1.29, 1.82) is 0 Å². The van der Waals surface area contributed by atoms with Crippen molar-refractivity contribution in [1.82, 2.24) is 0 Å². The molecule has 29 heavy (non-hydrogen) atoms. The third-order valence-corrected chi connectivity index (χ3v) is 6.36. The van der Waals surface area contributed by atoms with Crippen molar-refractivity contribution in [3.8, 4) is 5.75 Å². The maximum Gasteiger partial charge on any atom is 0.573 e. The number of halogens is 4. The molecular weight excluding hydrogens is 384 g/mol. The Balaban J connectivity index is 1.37. The Labute approximate surface area is 167 Å². The summed E-state index contributed by atoms with van der Waals surface area (Å²) in [5, 5.41) is 0. The third kappa shape index (κ3) is 4.74. The molecule has 2 fully saturated rings. The van der Waals surface area contributed by atoms with E-state index in [9.17, 15) is 17.6 Å². The number of hydrogen-bond acceptors (Lipinski definition) is 2. The molecule has 2 aromatic carbocycles. The Kier molecular flexibility index (Phi) is 5.56. The van der Waals surface area contributed by atoms with Crippen LogP contribution >= 0.6 is 0 Å². The number of ether oxygens (including phenoxy) is 2. The first-order valence-corrected chi connectivity index (χ1v) is 10.1. The van der Waals surface area contributed by atoms with Gasteiger partial charge in [0.25, 0.3) is 0 Å². The van der Waals surface area contributed by atoms with Gasteiger partial charge < -0.3 is 9.47 Å². The zero-order valence-electron chi connectivity index (χ0n) is 16.1. The lowest BCUT2D eigenvalue weighted by Crippen LogP contribution is -2.41. The molecule has 1 heterocycles. The smallest absolute Gasteiger partial charge is 0.405 e. The highest BCUT2D eigenvalue weighted by molar-refractivity contribution is 5.37. The average Bonchev–Trinajstić information content (AvgIpc) is 2.70. The summed E-state index contributed by atoms with van der Waals surface area (Å²) >= 11 is 0. The third-order valence-electron chi connectivity index (χ3n) is 6.36. The predicted octanol–water partition coefficient (Wildman–Crippen LogP) is 6.71. The Morgan fingerprint density at radius 3 is 2.07 bits per heavy atom. The molecule has 0 bridgehead atoms. The molecule has 2 aliphatic rings. The van der Waals surface area contributed by atoms with Crippen LogP contribution in [-0.2, 0) is 4.74 Å². The van der Waals surface area contributed by atoms with Crippen LogP contribution in [0.25, 0.3) is 0 Å². The van der Waals surface area contributed by atoms with E-state index in [1.807, 2.05) is 12.1 Å². The van der Waals surface area contributed by atoms with Crippen LogP contribution < -0.4 is 4.74 Å². The first kappa shape index (κ1) is 20.2. The fourth-order valence-electron chi connectivity index (χ4n) is 4.76. The highest BCUT2D eigenvalue weighted by Gasteiger charge is 2.41. The number of para-hydroxylation sites is 1. The summed E-state index contributed by atoms with van der Waals surface area (Å²) in [5.74, 6) is -0.0560. The molecule has 1 unspecified atom stereocenters. The molecular formula is C23H24F4O2. The first-order chi connectivity index (χ1) is 13.8. The largest absolute Gasteiger partial charge is 0.573 e. The molecule has 2 nitrogen and oxygen atoms in total. The van der Waals surface area contributed by atoms with Gasteiger partial charge in [0.1, 0.15) is 11.6 Å². The number of alkyl halides is 3. The van der Waals surface area contributed by atoms with Gasteiger partial charge in [0.05, 0.1) is 12.2 Å². The van der Waals surface area contributed by atoms with Gasteiger partial charge in [0, 0.05) is 5.92 Å². The Hall–Kier alpha value is -2.08. The van der Waals surface area contributed by atoms with Gasteiger partial charge in [-0.2, -0.15) is 0 Å². The van der Waals surface area contributed by atoms with Crippen LogP contribution in [0.3, 0.4) is 0 Å². The van der Waals surface area contributed by atoms with Gasteiger partial charge >= 0.3 is 6.36 Å². The molecule has 0 amide bonds. The lowest BCUT2D eigenvalue weighted by Gasteiger charge is -2.45. The minimum Gasteiger partial charge on any atom is -0.405 e. The second-order valence-corrected chi connectivity index (χ2v) is 8.14. The quantitative estimate of drug-likeness (QED) is 0.525. The minimum atomic E-state index is -4.70. The zero-order valence-corrected chi connectivity index (χ0v) is 16.1. The van der Waals surface area contributed by atoms with Gasteiger partial charge in [-0.1, -0.05) is 30.3 Å². The number of rotatable bonds is 3. The van der Waals surface area contributed by atoms with Crippen LogP contribution in [0, 0.1) is 5.82 Å². The molecule has 1 atom stereocenters. The number of hydrogen-bond donors (Lipinski definition) is 0. The highest BCUT2D eigenvalue weighted by Crippen LogP contribution is 2.47. The van der Waals surface area contributed by atoms with Gasteiger partial charge in [-0.3, -0.25) is 0 Å². The van der Waals surface area contributed by atoms with Crippen molar-refractivity contribution in [2.45, 2.75) is 62.3 Å². The van der Waals surface area contributed by atoms with Crippen molar-refractivity contribution in [3.63, 3.8) is 0 Å². The molecule has 156 valence electrons. The molecule has 0 aromatic heterocycles. The van der Waals surface area contributed by atoms with Crippen LogP contribution in [0.1, 0.15) is 61.5 Å². The zero-order chi connectivity index (χ0) is 20.5. The predicted molar refractivity (Wildman–Crippen MR) is 101 cm³/mol. The van der Waals surface area contributed by atoms with E-state index in [4.69, 9.17) is 4.74 Å². The Bertz CT molecular complexity index is 814. The lowest BCUT2D eigenvalue weighted by molar-refractivity contribution is -0.275. The Morgan fingerprint density at radius 2 is 1.48 bits per heavy atom. The topological polar surface area (TPSA) is 18.5 Å². The van der Waals surface area contributed by atoms with E-state index in [1.54, 1.807) is 18.2 Å². The van der Waals surface area contributed by atoms with Gasteiger partial charge in [-0.05, 0) is 73.8 Å². The fraction of sp³-hybridized carbons (Fsp3) is 0.478. The summed E-state index contributed by atoms with van der Waals surface area (Å²) in [5.41, 5.74) is 1.53. The van der Waals surface area contributed by atoms with Crippen LogP contribution in [0.5, 0.6) is 5.75 Å². The summed E-state index contributed by atoms with van der Waals surface area (Å²) in [6, 6.07) is 13.0. The molecule has 1 aliphatic heterocycles. The second-order valence-electron chi connectivity index (χ2n) is 8.14. The van der Waals surface area contributed by atoms with E-state index in [-0.39, 0.29) is 23.1 Å². The standard InChI is InChI=1S/C23H24F4O2/c24-19-7-5-16(6-8-19)17-9-12-22(13-10-17)14-11-18(15-28-22)20-3-1-2-4-21(20)29-23(25,26)27/h1-8,17-18H,9-15H2. The molecule has 4 rings (SSSR count). The first-order valence-electron chi connectivity index (χ1n) is 10.1. The van der Waals surface area contributed by atoms with E-state index in [0.29, 0.717) is 18.1 Å². The van der Waals surface area contributed by atoms with Crippen LogP contribution in [-0.4, -0.2) is 18.6 Å².